The third kappa shape index (κ3) is 2.29. The Labute approximate surface area is 95.5 Å². The van der Waals surface area contributed by atoms with Crippen LogP contribution in [0.25, 0.3) is 0 Å². The van der Waals surface area contributed by atoms with Gasteiger partial charge in [-0.15, -0.1) is 0 Å². The molecule has 15 heavy (non-hydrogen) atoms. The van der Waals surface area contributed by atoms with Gasteiger partial charge >= 0.3 is 0 Å². The van der Waals surface area contributed by atoms with Gasteiger partial charge in [-0.1, -0.05) is 6.42 Å². The molecule has 2 rings (SSSR count). The fourth-order valence-electron chi connectivity index (χ4n) is 2.06. The highest BCUT2D eigenvalue weighted by Crippen LogP contribution is 2.16. The SMILES string of the molecule is C[C@@H]1CCCCN1Cn1ncn(C)c1=S. The first-order valence-corrected chi connectivity index (χ1v) is 5.92. The van der Waals surface area contributed by atoms with E-state index in [0.29, 0.717) is 6.04 Å². The molecule has 84 valence electrons. The van der Waals surface area contributed by atoms with E-state index >= 15 is 0 Å². The van der Waals surface area contributed by atoms with Gasteiger partial charge in [0.2, 0.25) is 0 Å². The van der Waals surface area contributed by atoms with Crippen LogP contribution in [0.15, 0.2) is 6.33 Å². The Morgan fingerprint density at radius 3 is 2.93 bits per heavy atom. The molecule has 0 amide bonds. The van der Waals surface area contributed by atoms with Crippen molar-refractivity contribution in [2.45, 2.75) is 38.9 Å². The Balaban J connectivity index is 2.07. The van der Waals surface area contributed by atoms with Gasteiger partial charge in [0.1, 0.15) is 6.33 Å². The van der Waals surface area contributed by atoms with Crippen LogP contribution in [0, 0.1) is 4.77 Å². The number of aromatic nitrogens is 3. The van der Waals surface area contributed by atoms with E-state index in [2.05, 4.69) is 16.9 Å². The number of rotatable bonds is 2. The normalized spacial score (nSPS) is 23.2. The molecule has 1 saturated heterocycles. The molecule has 1 atom stereocenters. The molecular weight excluding hydrogens is 208 g/mol. The Morgan fingerprint density at radius 1 is 1.53 bits per heavy atom. The van der Waals surface area contributed by atoms with Crippen LogP contribution >= 0.6 is 12.2 Å². The summed E-state index contributed by atoms with van der Waals surface area (Å²) in [6.07, 6.45) is 5.72. The van der Waals surface area contributed by atoms with Gasteiger partial charge in [0.25, 0.3) is 0 Å². The van der Waals surface area contributed by atoms with Crippen LogP contribution in [0.4, 0.5) is 0 Å². The molecule has 1 aromatic heterocycles. The molecule has 0 aromatic carbocycles. The molecule has 0 aliphatic carbocycles. The smallest absolute Gasteiger partial charge is 0.198 e. The standard InChI is InChI=1S/C10H18N4S/c1-9-5-3-4-6-13(9)8-14-10(15)12(2)7-11-14/h7,9H,3-6,8H2,1-2H3/t9-/m1/s1. The molecule has 0 bridgehead atoms. The number of nitrogens with zero attached hydrogens (tertiary/aromatic N) is 4. The van der Waals surface area contributed by atoms with E-state index in [4.69, 9.17) is 12.2 Å². The van der Waals surface area contributed by atoms with E-state index in [0.717, 1.165) is 11.4 Å². The van der Waals surface area contributed by atoms with E-state index < -0.39 is 0 Å². The molecule has 4 nitrogen and oxygen atoms in total. The summed E-state index contributed by atoms with van der Waals surface area (Å²) in [6, 6.07) is 0.655. The molecule has 1 aromatic rings. The second kappa shape index (κ2) is 4.45. The van der Waals surface area contributed by atoms with Crippen LogP contribution in [-0.2, 0) is 13.7 Å². The van der Waals surface area contributed by atoms with Crippen LogP contribution in [0.5, 0.6) is 0 Å². The quantitative estimate of drug-likeness (QED) is 0.719. The van der Waals surface area contributed by atoms with Crippen molar-refractivity contribution in [3.05, 3.63) is 11.1 Å². The lowest BCUT2D eigenvalue weighted by Crippen LogP contribution is -2.38. The summed E-state index contributed by atoms with van der Waals surface area (Å²) in [5, 5.41) is 4.28. The van der Waals surface area contributed by atoms with Crippen molar-refractivity contribution >= 4 is 12.2 Å². The fourth-order valence-corrected chi connectivity index (χ4v) is 2.21. The lowest BCUT2D eigenvalue weighted by Gasteiger charge is -2.32. The minimum Gasteiger partial charge on any atom is -0.310 e. The number of hydrogen-bond acceptors (Lipinski definition) is 3. The summed E-state index contributed by atoms with van der Waals surface area (Å²) >= 11 is 5.27. The number of hydrogen-bond donors (Lipinski definition) is 0. The highest BCUT2D eigenvalue weighted by Gasteiger charge is 2.18. The fraction of sp³-hybridized carbons (Fsp3) is 0.800. The molecule has 2 heterocycles. The largest absolute Gasteiger partial charge is 0.310 e. The van der Waals surface area contributed by atoms with Crippen molar-refractivity contribution in [1.29, 1.82) is 0 Å². The lowest BCUT2D eigenvalue weighted by molar-refractivity contribution is 0.114. The van der Waals surface area contributed by atoms with E-state index in [-0.39, 0.29) is 0 Å². The van der Waals surface area contributed by atoms with E-state index in [1.165, 1.54) is 25.8 Å². The Kier molecular flexibility index (Phi) is 3.21. The summed E-state index contributed by atoms with van der Waals surface area (Å²) in [5.74, 6) is 0. The van der Waals surface area contributed by atoms with Crippen LogP contribution in [-0.4, -0.2) is 31.8 Å². The Hall–Kier alpha value is -0.680. The molecule has 0 saturated carbocycles. The van der Waals surface area contributed by atoms with Crippen LogP contribution in [0.1, 0.15) is 26.2 Å². The maximum atomic E-state index is 5.27. The van der Waals surface area contributed by atoms with Gasteiger partial charge in [0.05, 0.1) is 6.67 Å². The minimum atomic E-state index is 0.655. The van der Waals surface area contributed by atoms with Crippen LogP contribution < -0.4 is 0 Å². The zero-order chi connectivity index (χ0) is 10.8. The second-order valence-corrected chi connectivity index (χ2v) is 4.69. The molecular formula is C10H18N4S. The van der Waals surface area contributed by atoms with E-state index in [9.17, 15) is 0 Å². The minimum absolute atomic E-state index is 0.655. The van der Waals surface area contributed by atoms with Crippen molar-refractivity contribution in [1.82, 2.24) is 19.2 Å². The lowest BCUT2D eigenvalue weighted by atomic mass is 10.0. The predicted molar refractivity (Wildman–Crippen MR) is 62.1 cm³/mol. The van der Waals surface area contributed by atoms with Crippen molar-refractivity contribution < 1.29 is 0 Å². The highest BCUT2D eigenvalue weighted by molar-refractivity contribution is 7.71. The van der Waals surface area contributed by atoms with E-state index in [1.54, 1.807) is 6.33 Å². The van der Waals surface area contributed by atoms with Gasteiger partial charge < -0.3 is 4.57 Å². The molecule has 1 fully saturated rings. The van der Waals surface area contributed by atoms with Crippen molar-refractivity contribution in [2.24, 2.45) is 7.05 Å². The summed E-state index contributed by atoms with van der Waals surface area (Å²) in [7, 11) is 1.94. The molecule has 0 N–H and O–H groups in total. The van der Waals surface area contributed by atoms with Crippen molar-refractivity contribution in [2.75, 3.05) is 6.54 Å². The number of likely N-dealkylation sites (tertiary alicyclic amines) is 1. The molecule has 0 radical (unpaired) electrons. The van der Waals surface area contributed by atoms with Crippen molar-refractivity contribution in [3.8, 4) is 0 Å². The monoisotopic (exact) mass is 226 g/mol. The van der Waals surface area contributed by atoms with Gasteiger partial charge in [-0.25, -0.2) is 4.68 Å². The molecule has 0 spiro atoms. The number of aryl methyl sites for hydroxylation is 1. The van der Waals surface area contributed by atoms with Gasteiger partial charge in [0.15, 0.2) is 4.77 Å². The first kappa shape index (κ1) is 10.8. The summed E-state index contributed by atoms with van der Waals surface area (Å²) in [4.78, 5) is 2.45. The third-order valence-electron chi connectivity index (χ3n) is 3.14. The van der Waals surface area contributed by atoms with Gasteiger partial charge in [0, 0.05) is 19.6 Å². The van der Waals surface area contributed by atoms with Crippen molar-refractivity contribution in [3.63, 3.8) is 0 Å². The topological polar surface area (TPSA) is 26.0 Å². The predicted octanol–water partition coefficient (Wildman–Crippen LogP) is 1.78. The molecule has 5 heteroatoms. The Morgan fingerprint density at radius 2 is 2.33 bits per heavy atom. The van der Waals surface area contributed by atoms with E-state index in [1.807, 2.05) is 16.3 Å². The summed E-state index contributed by atoms with van der Waals surface area (Å²) < 4.78 is 4.58. The first-order chi connectivity index (χ1) is 7.18. The zero-order valence-electron chi connectivity index (χ0n) is 9.39. The van der Waals surface area contributed by atoms with Gasteiger partial charge in [-0.05, 0) is 32.0 Å². The number of piperidine rings is 1. The highest BCUT2D eigenvalue weighted by atomic mass is 32.1. The van der Waals surface area contributed by atoms with Gasteiger partial charge in [-0.2, -0.15) is 5.10 Å². The maximum Gasteiger partial charge on any atom is 0.198 e. The second-order valence-electron chi connectivity index (χ2n) is 4.32. The molecule has 1 aliphatic rings. The Bertz CT molecular complexity index is 381. The average Bonchev–Trinajstić information content (AvgIpc) is 2.53. The average molecular weight is 226 g/mol. The zero-order valence-corrected chi connectivity index (χ0v) is 10.2. The van der Waals surface area contributed by atoms with Crippen LogP contribution in [0.2, 0.25) is 0 Å². The molecule has 1 aliphatic heterocycles. The van der Waals surface area contributed by atoms with Gasteiger partial charge in [-0.3, -0.25) is 4.90 Å². The van der Waals surface area contributed by atoms with Crippen LogP contribution in [0.3, 0.4) is 0 Å². The summed E-state index contributed by atoms with van der Waals surface area (Å²) in [6.45, 7) is 4.28. The summed E-state index contributed by atoms with van der Waals surface area (Å²) in [5.41, 5.74) is 0. The molecule has 0 unspecified atom stereocenters. The first-order valence-electron chi connectivity index (χ1n) is 5.51. The third-order valence-corrected chi connectivity index (χ3v) is 3.64. The maximum absolute atomic E-state index is 5.27.